The van der Waals surface area contributed by atoms with Crippen LogP contribution in [0.3, 0.4) is 0 Å². The number of anilines is 1. The molecule has 0 spiro atoms. The molecule has 20 heavy (non-hydrogen) atoms. The Bertz CT molecular complexity index is 487. The molecular weight excluding hydrogens is 278 g/mol. The van der Waals surface area contributed by atoms with Gasteiger partial charge in [-0.05, 0) is 44.6 Å². The first kappa shape index (κ1) is 15.1. The Hall–Kier alpha value is -1.33. The van der Waals surface area contributed by atoms with Gasteiger partial charge in [-0.25, -0.2) is 0 Å². The molecule has 1 aliphatic rings. The van der Waals surface area contributed by atoms with Gasteiger partial charge in [-0.3, -0.25) is 10.1 Å². The second kappa shape index (κ2) is 6.41. The van der Waals surface area contributed by atoms with Gasteiger partial charge >= 0.3 is 0 Å². The van der Waals surface area contributed by atoms with E-state index in [1.54, 1.807) is 12.1 Å². The molecule has 1 aromatic carbocycles. The number of hydrogen-bond acceptors (Lipinski definition) is 4. The van der Waals surface area contributed by atoms with Crippen molar-refractivity contribution >= 4 is 23.0 Å². The first-order valence-electron chi connectivity index (χ1n) is 6.77. The van der Waals surface area contributed by atoms with E-state index < -0.39 is 0 Å². The lowest BCUT2D eigenvalue weighted by Gasteiger charge is -2.37. The van der Waals surface area contributed by atoms with Crippen LogP contribution in [0, 0.1) is 10.1 Å². The van der Waals surface area contributed by atoms with Gasteiger partial charge in [0.2, 0.25) is 0 Å². The number of piperidine rings is 1. The van der Waals surface area contributed by atoms with Gasteiger partial charge in [0.1, 0.15) is 0 Å². The van der Waals surface area contributed by atoms with E-state index in [1.807, 2.05) is 13.1 Å². The molecule has 1 heterocycles. The Labute approximate surface area is 124 Å². The van der Waals surface area contributed by atoms with Gasteiger partial charge < -0.3 is 9.80 Å². The molecule has 0 saturated carbocycles. The molecule has 0 aromatic heterocycles. The zero-order chi connectivity index (χ0) is 14.7. The zero-order valence-electron chi connectivity index (χ0n) is 11.9. The quantitative estimate of drug-likeness (QED) is 0.487. The second-order valence-electron chi connectivity index (χ2n) is 5.35. The summed E-state index contributed by atoms with van der Waals surface area (Å²) in [7, 11) is 4.18. The van der Waals surface area contributed by atoms with Crippen molar-refractivity contribution < 1.29 is 4.92 Å². The van der Waals surface area contributed by atoms with Crippen molar-refractivity contribution in [1.82, 2.24) is 4.90 Å². The number of nitrogens with zero attached hydrogens (tertiary/aromatic N) is 3. The van der Waals surface area contributed by atoms with Crippen molar-refractivity contribution in [2.24, 2.45) is 0 Å². The molecule has 0 N–H and O–H groups in total. The summed E-state index contributed by atoms with van der Waals surface area (Å²) >= 11 is 5.96. The van der Waals surface area contributed by atoms with Crippen molar-refractivity contribution in [3.63, 3.8) is 0 Å². The smallest absolute Gasteiger partial charge is 0.269 e. The van der Waals surface area contributed by atoms with E-state index in [4.69, 9.17) is 11.6 Å². The third kappa shape index (κ3) is 3.22. The number of non-ortho nitro benzene ring substituents is 1. The Kier molecular flexibility index (Phi) is 4.83. The summed E-state index contributed by atoms with van der Waals surface area (Å²) in [6, 6.07) is 5.41. The average Bonchev–Trinajstić information content (AvgIpc) is 2.46. The lowest BCUT2D eigenvalue weighted by Crippen LogP contribution is -2.42. The molecule has 0 amide bonds. The van der Waals surface area contributed by atoms with Gasteiger partial charge in [0.25, 0.3) is 5.69 Å². The van der Waals surface area contributed by atoms with Crippen LogP contribution >= 0.6 is 11.6 Å². The predicted molar refractivity (Wildman–Crippen MR) is 81.6 cm³/mol. The maximum Gasteiger partial charge on any atom is 0.269 e. The predicted octanol–water partition coefficient (Wildman–Crippen LogP) is 2.86. The van der Waals surface area contributed by atoms with Gasteiger partial charge in [-0.1, -0.05) is 0 Å². The van der Waals surface area contributed by atoms with E-state index in [0.29, 0.717) is 6.04 Å². The normalized spacial score (nSPS) is 17.1. The summed E-state index contributed by atoms with van der Waals surface area (Å²) in [4.78, 5) is 15.0. The monoisotopic (exact) mass is 297 g/mol. The molecule has 0 unspecified atom stereocenters. The molecule has 1 saturated heterocycles. The van der Waals surface area contributed by atoms with E-state index in [9.17, 15) is 10.1 Å². The summed E-state index contributed by atoms with van der Waals surface area (Å²) in [5, 5.41) is 10.8. The Morgan fingerprint density at radius 1 is 1.45 bits per heavy atom. The summed E-state index contributed by atoms with van der Waals surface area (Å²) < 4.78 is 0. The van der Waals surface area contributed by atoms with Crippen LogP contribution in [0.25, 0.3) is 0 Å². The number of benzene rings is 1. The minimum absolute atomic E-state index is 0.0983. The molecule has 1 aliphatic heterocycles. The molecule has 0 radical (unpaired) electrons. The van der Waals surface area contributed by atoms with Crippen molar-refractivity contribution in [2.45, 2.75) is 24.8 Å². The largest absolute Gasteiger partial charge is 0.371 e. The summed E-state index contributed by atoms with van der Waals surface area (Å²) in [6.07, 6.45) is 2.21. The highest BCUT2D eigenvalue weighted by atomic mass is 35.5. The highest BCUT2D eigenvalue weighted by Gasteiger charge is 2.23. The van der Waals surface area contributed by atoms with E-state index in [1.165, 1.54) is 0 Å². The molecule has 110 valence electrons. The maximum atomic E-state index is 10.8. The fourth-order valence-electron chi connectivity index (χ4n) is 2.72. The van der Waals surface area contributed by atoms with E-state index >= 15 is 0 Å². The third-order valence-electron chi connectivity index (χ3n) is 4.03. The van der Waals surface area contributed by atoms with Gasteiger partial charge in [0, 0.05) is 36.8 Å². The number of hydrogen-bond donors (Lipinski definition) is 0. The molecular formula is C14H20ClN3O2. The molecule has 5 nitrogen and oxygen atoms in total. The number of halogens is 1. The standard InChI is InChI=1S/C14H20ClN3O2/c1-16-7-5-12(6-8-16)17(2)14-4-3-13(18(19)20)9-11(14)10-15/h3-4,9,12H,5-8,10H2,1-2H3. The minimum Gasteiger partial charge on any atom is -0.371 e. The highest BCUT2D eigenvalue weighted by Crippen LogP contribution is 2.29. The first-order valence-corrected chi connectivity index (χ1v) is 7.31. The van der Waals surface area contributed by atoms with E-state index in [0.717, 1.165) is 37.2 Å². The summed E-state index contributed by atoms with van der Waals surface area (Å²) in [5.74, 6) is 0.286. The molecule has 1 aromatic rings. The van der Waals surface area contributed by atoms with E-state index in [-0.39, 0.29) is 16.5 Å². The lowest BCUT2D eigenvalue weighted by atomic mass is 10.0. The van der Waals surface area contributed by atoms with Crippen molar-refractivity contribution in [1.29, 1.82) is 0 Å². The lowest BCUT2D eigenvalue weighted by molar-refractivity contribution is -0.384. The number of rotatable bonds is 4. The van der Waals surface area contributed by atoms with E-state index in [2.05, 4.69) is 16.8 Å². The van der Waals surface area contributed by atoms with Crippen molar-refractivity contribution in [2.75, 3.05) is 32.1 Å². The van der Waals surface area contributed by atoms with Gasteiger partial charge in [0.15, 0.2) is 0 Å². The molecule has 2 rings (SSSR count). The second-order valence-corrected chi connectivity index (χ2v) is 5.62. The van der Waals surface area contributed by atoms with Crippen LogP contribution in [0.4, 0.5) is 11.4 Å². The molecule has 6 heteroatoms. The molecule has 1 fully saturated rings. The average molecular weight is 298 g/mol. The van der Waals surface area contributed by atoms with Gasteiger partial charge in [-0.15, -0.1) is 11.6 Å². The fourth-order valence-corrected chi connectivity index (χ4v) is 2.93. The van der Waals surface area contributed by atoms with Crippen LogP contribution in [-0.2, 0) is 5.88 Å². The number of nitro benzene ring substituents is 1. The van der Waals surface area contributed by atoms with Gasteiger partial charge in [-0.2, -0.15) is 0 Å². The van der Waals surface area contributed by atoms with Crippen LogP contribution in [0.15, 0.2) is 18.2 Å². The fraction of sp³-hybridized carbons (Fsp3) is 0.571. The first-order chi connectivity index (χ1) is 9.52. The highest BCUT2D eigenvalue weighted by molar-refractivity contribution is 6.17. The Morgan fingerprint density at radius 3 is 2.65 bits per heavy atom. The van der Waals surface area contributed by atoms with Crippen LogP contribution in [0.1, 0.15) is 18.4 Å². The number of alkyl halides is 1. The minimum atomic E-state index is -0.380. The van der Waals surface area contributed by atoms with Gasteiger partial charge in [0.05, 0.1) is 4.92 Å². The number of likely N-dealkylation sites (tertiary alicyclic amines) is 1. The van der Waals surface area contributed by atoms with Crippen LogP contribution in [0.5, 0.6) is 0 Å². The summed E-state index contributed by atoms with van der Waals surface area (Å²) in [5.41, 5.74) is 1.92. The zero-order valence-corrected chi connectivity index (χ0v) is 12.6. The number of nitro groups is 1. The maximum absolute atomic E-state index is 10.8. The van der Waals surface area contributed by atoms with Crippen molar-refractivity contribution in [3.8, 4) is 0 Å². The topological polar surface area (TPSA) is 49.6 Å². The molecule has 0 atom stereocenters. The van der Waals surface area contributed by atoms with Crippen LogP contribution in [-0.4, -0.2) is 43.0 Å². The Morgan fingerprint density at radius 2 is 2.10 bits per heavy atom. The van der Waals surface area contributed by atoms with Crippen LogP contribution < -0.4 is 4.90 Å². The van der Waals surface area contributed by atoms with Crippen LogP contribution in [0.2, 0.25) is 0 Å². The SMILES string of the molecule is CN1CCC(N(C)c2ccc([N+](=O)[O-])cc2CCl)CC1. The molecule has 0 bridgehead atoms. The third-order valence-corrected chi connectivity index (χ3v) is 4.32. The Balaban J connectivity index is 2.20. The van der Waals surface area contributed by atoms with Crippen molar-refractivity contribution in [3.05, 3.63) is 33.9 Å². The molecule has 0 aliphatic carbocycles. The summed E-state index contributed by atoms with van der Waals surface area (Å²) in [6.45, 7) is 2.16.